The number of ketones is 1. The molecule has 0 N–H and O–H groups in total. The number of hydrogen-bond donors (Lipinski definition) is 0. The molecular formula is C16H14F2O2. The Kier molecular flexibility index (Phi) is 4.13. The Hall–Kier alpha value is -2.23. The van der Waals surface area contributed by atoms with Crippen LogP contribution in [0.4, 0.5) is 8.78 Å². The van der Waals surface area contributed by atoms with Gasteiger partial charge in [0.15, 0.2) is 5.78 Å². The van der Waals surface area contributed by atoms with E-state index in [-0.39, 0.29) is 5.75 Å². The first-order valence-corrected chi connectivity index (χ1v) is 6.16. The molecule has 0 fully saturated rings. The van der Waals surface area contributed by atoms with Crippen LogP contribution in [0.3, 0.4) is 0 Å². The molecule has 0 bridgehead atoms. The molecule has 0 aliphatic heterocycles. The van der Waals surface area contributed by atoms with E-state index >= 15 is 0 Å². The van der Waals surface area contributed by atoms with E-state index in [2.05, 4.69) is 0 Å². The van der Waals surface area contributed by atoms with Gasteiger partial charge in [0, 0.05) is 18.1 Å². The van der Waals surface area contributed by atoms with Gasteiger partial charge in [-0.1, -0.05) is 37.3 Å². The smallest absolute Gasteiger partial charge is 0.175 e. The second-order valence-corrected chi connectivity index (χ2v) is 4.46. The molecule has 0 saturated carbocycles. The van der Waals surface area contributed by atoms with Crippen molar-refractivity contribution in [1.82, 2.24) is 0 Å². The van der Waals surface area contributed by atoms with Crippen LogP contribution in [0.1, 0.15) is 28.8 Å². The molecule has 4 heteroatoms. The van der Waals surface area contributed by atoms with Gasteiger partial charge < -0.3 is 4.74 Å². The zero-order chi connectivity index (χ0) is 14.7. The van der Waals surface area contributed by atoms with E-state index < -0.39 is 28.9 Å². The summed E-state index contributed by atoms with van der Waals surface area (Å²) in [5, 5.41) is 0. The minimum absolute atomic E-state index is 0.0453. The molecule has 0 amide bonds. The summed E-state index contributed by atoms with van der Waals surface area (Å²) in [4.78, 5) is 12.3. The number of carbonyl (C=O) groups excluding carboxylic acids is 1. The predicted octanol–water partition coefficient (Wildman–Crippen LogP) is 3.96. The third-order valence-electron chi connectivity index (χ3n) is 3.19. The normalized spacial score (nSPS) is 12.0. The minimum atomic E-state index is -0.908. The van der Waals surface area contributed by atoms with Crippen LogP contribution >= 0.6 is 0 Å². The Bertz CT molecular complexity index is 601. The Morgan fingerprint density at radius 1 is 1.10 bits per heavy atom. The van der Waals surface area contributed by atoms with Gasteiger partial charge in [0.05, 0.1) is 12.7 Å². The van der Waals surface area contributed by atoms with Crippen LogP contribution in [-0.4, -0.2) is 12.9 Å². The van der Waals surface area contributed by atoms with Gasteiger partial charge in [-0.25, -0.2) is 8.78 Å². The molecule has 0 saturated heterocycles. The zero-order valence-electron chi connectivity index (χ0n) is 11.2. The van der Waals surface area contributed by atoms with Crippen LogP contribution in [0, 0.1) is 11.6 Å². The van der Waals surface area contributed by atoms with Crippen LogP contribution in [-0.2, 0) is 0 Å². The quantitative estimate of drug-likeness (QED) is 0.790. The number of ether oxygens (including phenoxy) is 1. The summed E-state index contributed by atoms with van der Waals surface area (Å²) in [7, 11) is 1.31. The lowest BCUT2D eigenvalue weighted by Crippen LogP contribution is -2.14. The van der Waals surface area contributed by atoms with Crippen molar-refractivity contribution < 1.29 is 18.3 Å². The molecule has 2 rings (SSSR count). The summed E-state index contributed by atoms with van der Waals surface area (Å²) >= 11 is 0. The molecule has 0 heterocycles. The van der Waals surface area contributed by atoms with Crippen molar-refractivity contribution in [3.05, 3.63) is 65.2 Å². The lowest BCUT2D eigenvalue weighted by atomic mass is 9.92. The number of Topliss-reactive ketones (excluding diaryl/α,β-unsaturated/α-hetero) is 1. The highest BCUT2D eigenvalue weighted by molar-refractivity contribution is 6.01. The lowest BCUT2D eigenvalue weighted by Gasteiger charge is -2.13. The lowest BCUT2D eigenvalue weighted by molar-refractivity contribution is 0.0957. The first-order valence-electron chi connectivity index (χ1n) is 6.16. The fraction of sp³-hybridized carbons (Fsp3) is 0.188. The molecule has 1 unspecified atom stereocenters. The SMILES string of the molecule is COc1cc(F)c(C(=O)C(C)c2ccccc2)c(F)c1. The van der Waals surface area contributed by atoms with Gasteiger partial charge in [-0.3, -0.25) is 4.79 Å². The molecule has 0 aromatic heterocycles. The van der Waals surface area contributed by atoms with Gasteiger partial charge in [0.1, 0.15) is 17.4 Å². The van der Waals surface area contributed by atoms with Gasteiger partial charge in [-0.15, -0.1) is 0 Å². The molecule has 0 spiro atoms. The summed E-state index contributed by atoms with van der Waals surface area (Å²) in [5.74, 6) is -2.98. The third kappa shape index (κ3) is 2.69. The number of rotatable bonds is 4. The maximum absolute atomic E-state index is 13.9. The molecule has 1 atom stereocenters. The van der Waals surface area contributed by atoms with E-state index in [1.807, 2.05) is 6.07 Å². The molecule has 2 aromatic rings. The van der Waals surface area contributed by atoms with Crippen molar-refractivity contribution >= 4 is 5.78 Å². The van der Waals surface area contributed by atoms with Crippen molar-refractivity contribution in [2.75, 3.05) is 7.11 Å². The van der Waals surface area contributed by atoms with Crippen molar-refractivity contribution in [1.29, 1.82) is 0 Å². The average molecular weight is 276 g/mol. The number of methoxy groups -OCH3 is 1. The molecule has 0 aliphatic rings. The summed E-state index contributed by atoms with van der Waals surface area (Å²) in [6.45, 7) is 1.63. The highest BCUT2D eigenvalue weighted by Crippen LogP contribution is 2.26. The molecule has 104 valence electrons. The van der Waals surface area contributed by atoms with Crippen molar-refractivity contribution in [2.24, 2.45) is 0 Å². The van der Waals surface area contributed by atoms with Crippen molar-refractivity contribution in [3.63, 3.8) is 0 Å². The molecule has 0 radical (unpaired) electrons. The third-order valence-corrected chi connectivity index (χ3v) is 3.19. The standard InChI is InChI=1S/C16H14F2O2/c1-10(11-6-4-3-5-7-11)16(19)15-13(17)8-12(20-2)9-14(15)18/h3-10H,1-2H3. The minimum Gasteiger partial charge on any atom is -0.497 e. The fourth-order valence-electron chi connectivity index (χ4n) is 2.01. The number of hydrogen-bond acceptors (Lipinski definition) is 2. The van der Waals surface area contributed by atoms with E-state index in [1.165, 1.54) is 7.11 Å². The summed E-state index contributed by atoms with van der Waals surface area (Å²) in [6.07, 6.45) is 0. The van der Waals surface area contributed by atoms with Gasteiger partial charge in [0.25, 0.3) is 0 Å². The summed E-state index contributed by atoms with van der Waals surface area (Å²) in [6, 6.07) is 10.9. The molecule has 2 aromatic carbocycles. The second-order valence-electron chi connectivity index (χ2n) is 4.46. The maximum Gasteiger partial charge on any atom is 0.175 e. The average Bonchev–Trinajstić information content (AvgIpc) is 2.46. The molecule has 2 nitrogen and oxygen atoms in total. The molecular weight excluding hydrogens is 262 g/mol. The van der Waals surface area contributed by atoms with E-state index in [0.717, 1.165) is 12.1 Å². The predicted molar refractivity (Wildman–Crippen MR) is 72.1 cm³/mol. The topological polar surface area (TPSA) is 26.3 Å². The summed E-state index contributed by atoms with van der Waals surface area (Å²) < 4.78 is 32.5. The molecule has 20 heavy (non-hydrogen) atoms. The van der Waals surface area contributed by atoms with Gasteiger partial charge in [0.2, 0.25) is 0 Å². The monoisotopic (exact) mass is 276 g/mol. The Morgan fingerprint density at radius 3 is 2.15 bits per heavy atom. The Balaban J connectivity index is 2.39. The second kappa shape index (κ2) is 5.82. The van der Waals surface area contributed by atoms with Crippen molar-refractivity contribution in [2.45, 2.75) is 12.8 Å². The van der Waals surface area contributed by atoms with Crippen molar-refractivity contribution in [3.8, 4) is 5.75 Å². The Labute approximate surface area is 116 Å². The summed E-state index contributed by atoms with van der Waals surface area (Å²) in [5.41, 5.74) is 0.189. The van der Waals surface area contributed by atoms with Crippen LogP contribution in [0.15, 0.2) is 42.5 Å². The van der Waals surface area contributed by atoms with E-state index in [9.17, 15) is 13.6 Å². The fourth-order valence-corrected chi connectivity index (χ4v) is 2.01. The Morgan fingerprint density at radius 2 is 1.65 bits per heavy atom. The first kappa shape index (κ1) is 14.2. The van der Waals surface area contributed by atoms with Gasteiger partial charge in [-0.05, 0) is 5.56 Å². The van der Waals surface area contributed by atoms with Crippen LogP contribution in [0.5, 0.6) is 5.75 Å². The molecule has 0 aliphatic carbocycles. The number of carbonyl (C=O) groups is 1. The number of benzene rings is 2. The zero-order valence-corrected chi connectivity index (χ0v) is 11.2. The van der Waals surface area contributed by atoms with E-state index in [4.69, 9.17) is 4.74 Å². The van der Waals surface area contributed by atoms with Crippen LogP contribution < -0.4 is 4.74 Å². The van der Waals surface area contributed by atoms with E-state index in [1.54, 1.807) is 31.2 Å². The van der Waals surface area contributed by atoms with Crippen LogP contribution in [0.25, 0.3) is 0 Å². The largest absolute Gasteiger partial charge is 0.497 e. The first-order chi connectivity index (χ1) is 9.54. The van der Waals surface area contributed by atoms with Crippen LogP contribution in [0.2, 0.25) is 0 Å². The maximum atomic E-state index is 13.9. The van der Waals surface area contributed by atoms with Gasteiger partial charge >= 0.3 is 0 Å². The highest BCUT2D eigenvalue weighted by Gasteiger charge is 2.24. The van der Waals surface area contributed by atoms with E-state index in [0.29, 0.717) is 5.56 Å². The van der Waals surface area contributed by atoms with Gasteiger partial charge in [-0.2, -0.15) is 0 Å². The number of halogens is 2. The highest BCUT2D eigenvalue weighted by atomic mass is 19.1.